The minimum Gasteiger partial charge on any atom is -0.293 e. The molecule has 0 aromatic carbocycles. The Balaban J connectivity index is 2.33. The second kappa shape index (κ2) is 6.78. The first kappa shape index (κ1) is 12.4. The molecule has 0 atom stereocenters. The maximum atomic E-state index is 11.7. The Kier molecular flexibility index (Phi) is 5.62. The van der Waals surface area contributed by atoms with Crippen molar-refractivity contribution in [2.75, 3.05) is 0 Å². The molecule has 0 aliphatic carbocycles. The van der Waals surface area contributed by atoms with E-state index >= 15 is 0 Å². The Morgan fingerprint density at radius 2 is 2.00 bits per heavy atom. The van der Waals surface area contributed by atoms with Gasteiger partial charge in [0.25, 0.3) is 0 Å². The molecular weight excluding hydrogens is 204 g/mol. The van der Waals surface area contributed by atoms with Crippen LogP contribution in [0.25, 0.3) is 0 Å². The molecule has 1 aromatic rings. The molecule has 84 valence electrons. The van der Waals surface area contributed by atoms with Gasteiger partial charge in [0.2, 0.25) is 0 Å². The highest BCUT2D eigenvalue weighted by Gasteiger charge is 2.07. The molecule has 0 bridgehead atoms. The fourth-order valence-corrected chi connectivity index (χ4v) is 2.47. The third-order valence-electron chi connectivity index (χ3n) is 2.54. The van der Waals surface area contributed by atoms with Crippen molar-refractivity contribution in [1.29, 1.82) is 0 Å². The van der Waals surface area contributed by atoms with Gasteiger partial charge in [-0.3, -0.25) is 4.79 Å². The van der Waals surface area contributed by atoms with Gasteiger partial charge in [-0.15, -0.1) is 11.3 Å². The van der Waals surface area contributed by atoms with Crippen LogP contribution in [0.1, 0.15) is 60.5 Å². The summed E-state index contributed by atoms with van der Waals surface area (Å²) in [6, 6.07) is 4.05. The second-order valence-electron chi connectivity index (χ2n) is 3.85. The van der Waals surface area contributed by atoms with Gasteiger partial charge in [-0.1, -0.05) is 33.1 Å². The van der Waals surface area contributed by atoms with Crippen molar-refractivity contribution in [2.24, 2.45) is 0 Å². The Morgan fingerprint density at radius 3 is 2.60 bits per heavy atom. The molecule has 15 heavy (non-hydrogen) atoms. The predicted molar refractivity (Wildman–Crippen MR) is 66.8 cm³/mol. The van der Waals surface area contributed by atoms with Crippen LogP contribution in [0.2, 0.25) is 0 Å². The number of hydrogen-bond acceptors (Lipinski definition) is 2. The summed E-state index contributed by atoms with van der Waals surface area (Å²) in [5, 5.41) is 0. The van der Waals surface area contributed by atoms with Crippen molar-refractivity contribution in [3.8, 4) is 0 Å². The first-order chi connectivity index (χ1) is 7.27. The predicted octanol–water partition coefficient (Wildman–Crippen LogP) is 4.46. The lowest BCUT2D eigenvalue weighted by molar-refractivity contribution is 0.0983. The molecule has 0 amide bonds. The molecule has 0 unspecified atom stereocenters. The normalized spacial score (nSPS) is 10.5. The van der Waals surface area contributed by atoms with Gasteiger partial charge in [-0.25, -0.2) is 0 Å². The highest BCUT2D eigenvalue weighted by atomic mass is 32.1. The molecule has 2 heteroatoms. The first-order valence-electron chi connectivity index (χ1n) is 5.89. The van der Waals surface area contributed by atoms with Crippen molar-refractivity contribution in [3.05, 3.63) is 21.9 Å². The molecule has 1 nitrogen and oxygen atoms in total. The number of carbonyl (C=O) groups is 1. The van der Waals surface area contributed by atoms with Crippen LogP contribution in [0.3, 0.4) is 0 Å². The van der Waals surface area contributed by atoms with Crippen LogP contribution in [-0.4, -0.2) is 5.78 Å². The SMILES string of the molecule is CCCCCCC(=O)c1ccc(CC)s1. The van der Waals surface area contributed by atoms with Gasteiger partial charge in [0, 0.05) is 11.3 Å². The molecule has 0 N–H and O–H groups in total. The average molecular weight is 224 g/mol. The quantitative estimate of drug-likeness (QED) is 0.493. The zero-order chi connectivity index (χ0) is 11.1. The molecule has 0 aliphatic rings. The zero-order valence-electron chi connectivity index (χ0n) is 9.71. The molecule has 1 rings (SSSR count). The van der Waals surface area contributed by atoms with E-state index in [1.165, 1.54) is 24.1 Å². The third kappa shape index (κ3) is 4.17. The van der Waals surface area contributed by atoms with E-state index < -0.39 is 0 Å². The zero-order valence-corrected chi connectivity index (χ0v) is 10.5. The van der Waals surface area contributed by atoms with Gasteiger partial charge in [-0.2, -0.15) is 0 Å². The van der Waals surface area contributed by atoms with Crippen molar-refractivity contribution in [3.63, 3.8) is 0 Å². The molecule has 0 fully saturated rings. The van der Waals surface area contributed by atoms with E-state index in [-0.39, 0.29) is 0 Å². The number of rotatable bonds is 7. The fourth-order valence-electron chi connectivity index (χ4n) is 1.55. The Bertz CT molecular complexity index is 301. The van der Waals surface area contributed by atoms with Crippen molar-refractivity contribution < 1.29 is 4.79 Å². The second-order valence-corrected chi connectivity index (χ2v) is 5.02. The first-order valence-corrected chi connectivity index (χ1v) is 6.71. The third-order valence-corrected chi connectivity index (χ3v) is 3.81. The molecule has 0 spiro atoms. The van der Waals surface area contributed by atoms with E-state index in [0.717, 1.165) is 24.1 Å². The van der Waals surface area contributed by atoms with Gasteiger partial charge in [0.1, 0.15) is 0 Å². The van der Waals surface area contributed by atoms with Crippen LogP contribution in [0.5, 0.6) is 0 Å². The summed E-state index contributed by atoms with van der Waals surface area (Å²) in [5.74, 6) is 0.329. The minimum absolute atomic E-state index is 0.329. The summed E-state index contributed by atoms with van der Waals surface area (Å²) in [4.78, 5) is 14.0. The molecule has 1 aromatic heterocycles. The van der Waals surface area contributed by atoms with E-state index in [9.17, 15) is 4.79 Å². The Morgan fingerprint density at radius 1 is 1.20 bits per heavy atom. The van der Waals surface area contributed by atoms with Crippen LogP contribution in [0.4, 0.5) is 0 Å². The van der Waals surface area contributed by atoms with Crippen molar-refractivity contribution in [2.45, 2.75) is 52.4 Å². The minimum atomic E-state index is 0.329. The number of Topliss-reactive ketones (excluding diaryl/α,β-unsaturated/α-hetero) is 1. The summed E-state index contributed by atoms with van der Waals surface area (Å²) < 4.78 is 0. The Hall–Kier alpha value is -0.630. The molecule has 0 aliphatic heterocycles. The van der Waals surface area contributed by atoms with Gasteiger partial charge < -0.3 is 0 Å². The van der Waals surface area contributed by atoms with Gasteiger partial charge in [0.15, 0.2) is 5.78 Å². The van der Waals surface area contributed by atoms with Crippen LogP contribution in [0.15, 0.2) is 12.1 Å². The fraction of sp³-hybridized carbons (Fsp3) is 0.615. The largest absolute Gasteiger partial charge is 0.293 e. The summed E-state index contributed by atoms with van der Waals surface area (Å²) in [6.07, 6.45) is 6.48. The van der Waals surface area contributed by atoms with Gasteiger partial charge in [-0.05, 0) is 25.0 Å². The standard InChI is InChI=1S/C13H20OS/c1-3-5-6-7-8-12(14)13-10-9-11(4-2)15-13/h9-10H,3-8H2,1-2H3. The van der Waals surface area contributed by atoms with Crippen LogP contribution >= 0.6 is 11.3 Å². The van der Waals surface area contributed by atoms with Crippen molar-refractivity contribution >= 4 is 17.1 Å². The Labute approximate surface area is 96.5 Å². The van der Waals surface area contributed by atoms with Gasteiger partial charge >= 0.3 is 0 Å². The lowest BCUT2D eigenvalue weighted by Crippen LogP contribution is -1.95. The summed E-state index contributed by atoms with van der Waals surface area (Å²) in [7, 11) is 0. The smallest absolute Gasteiger partial charge is 0.172 e. The van der Waals surface area contributed by atoms with E-state index in [2.05, 4.69) is 19.9 Å². The molecule has 0 saturated heterocycles. The highest BCUT2D eigenvalue weighted by Crippen LogP contribution is 2.19. The molecule has 1 heterocycles. The average Bonchev–Trinajstić information content (AvgIpc) is 2.72. The molecular formula is C13H20OS. The van der Waals surface area contributed by atoms with E-state index in [4.69, 9.17) is 0 Å². The number of carbonyl (C=O) groups excluding carboxylic acids is 1. The van der Waals surface area contributed by atoms with Crippen LogP contribution < -0.4 is 0 Å². The van der Waals surface area contributed by atoms with E-state index in [1.807, 2.05) is 6.07 Å². The van der Waals surface area contributed by atoms with E-state index in [1.54, 1.807) is 11.3 Å². The monoisotopic (exact) mass is 224 g/mol. The molecule has 0 radical (unpaired) electrons. The highest BCUT2D eigenvalue weighted by molar-refractivity contribution is 7.14. The molecule has 0 saturated carbocycles. The van der Waals surface area contributed by atoms with Crippen LogP contribution in [-0.2, 0) is 6.42 Å². The van der Waals surface area contributed by atoms with Gasteiger partial charge in [0.05, 0.1) is 4.88 Å². The maximum absolute atomic E-state index is 11.7. The van der Waals surface area contributed by atoms with Crippen LogP contribution in [0, 0.1) is 0 Å². The lowest BCUT2D eigenvalue weighted by Gasteiger charge is -1.97. The number of aryl methyl sites for hydroxylation is 1. The van der Waals surface area contributed by atoms with E-state index in [0.29, 0.717) is 5.78 Å². The maximum Gasteiger partial charge on any atom is 0.172 e. The number of ketones is 1. The summed E-state index contributed by atoms with van der Waals surface area (Å²) in [5.41, 5.74) is 0. The number of hydrogen-bond donors (Lipinski definition) is 0. The number of thiophene rings is 1. The lowest BCUT2D eigenvalue weighted by atomic mass is 10.1. The number of unbranched alkanes of at least 4 members (excludes halogenated alkanes) is 3. The summed E-state index contributed by atoms with van der Waals surface area (Å²) in [6.45, 7) is 4.32. The summed E-state index contributed by atoms with van der Waals surface area (Å²) >= 11 is 1.66. The topological polar surface area (TPSA) is 17.1 Å². The van der Waals surface area contributed by atoms with Crippen molar-refractivity contribution in [1.82, 2.24) is 0 Å².